The maximum Gasteiger partial charge on any atom is 0.338 e. The molecule has 0 saturated heterocycles. The topological polar surface area (TPSA) is 91.7 Å². The quantitative estimate of drug-likeness (QED) is 0.336. The Hall–Kier alpha value is -2.89. The normalized spacial score (nSPS) is 11.9. The maximum absolute atomic E-state index is 12.2. The average Bonchev–Trinajstić information content (AvgIpc) is 3.38. The number of carbonyl (C=O) groups excluding carboxylic acids is 2. The summed E-state index contributed by atoms with van der Waals surface area (Å²) in [6.45, 7) is -0.264. The number of nitrogens with one attached hydrogen (secondary N) is 1. The van der Waals surface area contributed by atoms with Crippen LogP contribution in [-0.4, -0.2) is 41.3 Å². The number of fused-ring (bicyclic) bond motifs is 1. The Bertz CT molecular complexity index is 1160. The minimum Gasteiger partial charge on any atom is -0.454 e. The highest BCUT2D eigenvalue weighted by molar-refractivity contribution is 8.00. The fourth-order valence-electron chi connectivity index (χ4n) is 2.63. The van der Waals surface area contributed by atoms with Gasteiger partial charge in [0.25, 0.3) is 5.91 Å². The van der Waals surface area contributed by atoms with Gasteiger partial charge in [0.05, 0.1) is 11.3 Å². The molecular formula is C19H15N3O5S3. The van der Waals surface area contributed by atoms with Crippen molar-refractivity contribution in [2.75, 3.05) is 25.0 Å². The Kier molecular flexibility index (Phi) is 6.02. The van der Waals surface area contributed by atoms with Gasteiger partial charge in [0, 0.05) is 11.8 Å². The van der Waals surface area contributed by atoms with Crippen LogP contribution in [0.5, 0.6) is 11.5 Å². The van der Waals surface area contributed by atoms with Gasteiger partial charge in [-0.3, -0.25) is 4.79 Å². The summed E-state index contributed by atoms with van der Waals surface area (Å²) in [5.74, 6) is 0.104. The first-order valence-electron chi connectivity index (χ1n) is 8.65. The van der Waals surface area contributed by atoms with Crippen LogP contribution in [0.15, 0.2) is 46.8 Å². The van der Waals surface area contributed by atoms with Gasteiger partial charge in [-0.15, -0.1) is 5.10 Å². The van der Waals surface area contributed by atoms with Crippen LogP contribution in [0.1, 0.15) is 10.4 Å². The lowest BCUT2D eigenvalue weighted by Crippen LogP contribution is -2.20. The lowest BCUT2D eigenvalue weighted by Gasteiger charge is -2.08. The molecule has 0 aliphatic carbocycles. The molecule has 4 rings (SSSR count). The van der Waals surface area contributed by atoms with Gasteiger partial charge in [-0.25, -0.2) is 9.48 Å². The van der Waals surface area contributed by atoms with Crippen molar-refractivity contribution in [2.24, 2.45) is 0 Å². The summed E-state index contributed by atoms with van der Waals surface area (Å²) < 4.78 is 18.7. The van der Waals surface area contributed by atoms with Crippen LogP contribution in [0.25, 0.3) is 5.69 Å². The number of hydrogen-bond donors (Lipinski definition) is 1. The number of esters is 1. The molecule has 0 spiro atoms. The first-order valence-corrected chi connectivity index (χ1v) is 11.1. The number of anilines is 1. The van der Waals surface area contributed by atoms with Gasteiger partial charge in [-0.05, 0) is 54.9 Å². The van der Waals surface area contributed by atoms with Crippen LogP contribution >= 0.6 is 35.3 Å². The summed E-state index contributed by atoms with van der Waals surface area (Å²) in [5, 5.41) is 7.05. The number of nitrogens with zero attached hydrogens (tertiary/aromatic N) is 2. The number of hydrogen-bond acceptors (Lipinski definition) is 9. The zero-order valence-electron chi connectivity index (χ0n) is 15.6. The number of benzene rings is 2. The largest absolute Gasteiger partial charge is 0.454 e. The van der Waals surface area contributed by atoms with Gasteiger partial charge < -0.3 is 19.5 Å². The van der Waals surface area contributed by atoms with E-state index >= 15 is 0 Å². The van der Waals surface area contributed by atoms with E-state index in [0.29, 0.717) is 26.7 Å². The predicted octanol–water partition coefficient (Wildman–Crippen LogP) is 3.91. The van der Waals surface area contributed by atoms with E-state index < -0.39 is 18.5 Å². The molecule has 8 nitrogen and oxygen atoms in total. The highest BCUT2D eigenvalue weighted by Gasteiger charge is 2.15. The van der Waals surface area contributed by atoms with E-state index in [1.807, 2.05) is 6.26 Å². The van der Waals surface area contributed by atoms with Gasteiger partial charge in [-0.2, -0.15) is 0 Å². The van der Waals surface area contributed by atoms with Gasteiger partial charge >= 0.3 is 5.97 Å². The molecule has 1 aromatic heterocycles. The molecule has 0 fully saturated rings. The van der Waals surface area contributed by atoms with Crippen molar-refractivity contribution in [1.29, 1.82) is 0 Å². The van der Waals surface area contributed by atoms with Crippen molar-refractivity contribution in [3.63, 3.8) is 0 Å². The number of ether oxygens (including phenoxy) is 3. The number of rotatable bonds is 6. The molecule has 3 aromatic rings. The molecule has 0 atom stereocenters. The minimum atomic E-state index is -0.603. The standard InChI is InChI=1S/C19H15N3O5S3/c1-29-18-21-22(19(28)30-18)13-5-2-11(3-6-13)17(24)25-9-16(23)20-12-4-7-14-15(8-12)27-10-26-14/h2-8H,9-10H2,1H3,(H,20,23). The Morgan fingerprint density at radius 3 is 2.73 bits per heavy atom. The van der Waals surface area contributed by atoms with Crippen molar-refractivity contribution < 1.29 is 23.8 Å². The van der Waals surface area contributed by atoms with Crippen LogP contribution in [0.4, 0.5) is 5.69 Å². The van der Waals surface area contributed by atoms with Gasteiger partial charge in [-0.1, -0.05) is 23.1 Å². The Labute approximate surface area is 184 Å². The van der Waals surface area contributed by atoms with Crippen molar-refractivity contribution in [3.8, 4) is 17.2 Å². The van der Waals surface area contributed by atoms with Crippen molar-refractivity contribution in [3.05, 3.63) is 52.0 Å². The lowest BCUT2D eigenvalue weighted by molar-refractivity contribution is -0.119. The van der Waals surface area contributed by atoms with E-state index in [-0.39, 0.29) is 6.79 Å². The summed E-state index contributed by atoms with van der Waals surface area (Å²) in [6, 6.07) is 11.7. The molecule has 30 heavy (non-hydrogen) atoms. The zero-order chi connectivity index (χ0) is 21.1. The first-order chi connectivity index (χ1) is 14.5. The first kappa shape index (κ1) is 20.4. The SMILES string of the molecule is CSc1nn(-c2ccc(C(=O)OCC(=O)Nc3ccc4c(c3)OCO4)cc2)c(=S)s1. The Morgan fingerprint density at radius 2 is 2.00 bits per heavy atom. The molecule has 2 heterocycles. The van der Waals surface area contributed by atoms with Gasteiger partial charge in [0.1, 0.15) is 0 Å². The highest BCUT2D eigenvalue weighted by atomic mass is 32.2. The molecular weight excluding hydrogens is 446 g/mol. The smallest absolute Gasteiger partial charge is 0.338 e. The molecule has 2 aromatic carbocycles. The third-order valence-corrected chi connectivity index (χ3v) is 6.25. The highest BCUT2D eigenvalue weighted by Crippen LogP contribution is 2.34. The third-order valence-electron chi connectivity index (χ3n) is 4.04. The zero-order valence-corrected chi connectivity index (χ0v) is 18.1. The van der Waals surface area contributed by atoms with Gasteiger partial charge in [0.2, 0.25) is 6.79 Å². The van der Waals surface area contributed by atoms with Gasteiger partial charge in [0.15, 0.2) is 26.4 Å². The second-order valence-electron chi connectivity index (χ2n) is 5.99. The molecule has 1 aliphatic heterocycles. The Morgan fingerprint density at radius 1 is 1.23 bits per heavy atom. The molecule has 154 valence electrons. The second kappa shape index (κ2) is 8.86. The molecule has 0 radical (unpaired) electrons. The summed E-state index contributed by atoms with van der Waals surface area (Å²) in [7, 11) is 0. The molecule has 1 N–H and O–H groups in total. The van der Waals surface area contributed by atoms with Crippen molar-refractivity contribution >= 4 is 52.9 Å². The van der Waals surface area contributed by atoms with E-state index in [4.69, 9.17) is 26.4 Å². The summed E-state index contributed by atoms with van der Waals surface area (Å²) in [4.78, 5) is 24.3. The van der Waals surface area contributed by atoms with Crippen LogP contribution in [0.2, 0.25) is 0 Å². The predicted molar refractivity (Wildman–Crippen MR) is 116 cm³/mol. The maximum atomic E-state index is 12.2. The van der Waals surface area contributed by atoms with Crippen molar-refractivity contribution in [1.82, 2.24) is 9.78 Å². The van der Waals surface area contributed by atoms with E-state index in [9.17, 15) is 9.59 Å². The summed E-state index contributed by atoms with van der Waals surface area (Å²) in [5.41, 5.74) is 1.59. The average molecular weight is 462 g/mol. The minimum absolute atomic E-state index is 0.149. The van der Waals surface area contributed by atoms with Crippen LogP contribution < -0.4 is 14.8 Å². The fraction of sp³-hybridized carbons (Fsp3) is 0.158. The molecule has 0 bridgehead atoms. The molecule has 1 amide bonds. The van der Waals surface area contributed by atoms with E-state index in [1.54, 1.807) is 47.1 Å². The van der Waals surface area contributed by atoms with E-state index in [2.05, 4.69) is 10.4 Å². The number of carbonyl (C=O) groups is 2. The number of thioether (sulfide) groups is 1. The second-order valence-corrected chi connectivity index (χ2v) is 8.67. The van der Waals surface area contributed by atoms with Crippen LogP contribution in [-0.2, 0) is 9.53 Å². The molecule has 0 saturated carbocycles. The molecule has 11 heteroatoms. The molecule has 0 unspecified atom stereocenters. The van der Waals surface area contributed by atoms with E-state index in [1.165, 1.54) is 23.1 Å². The van der Waals surface area contributed by atoms with Crippen LogP contribution in [0, 0.1) is 3.95 Å². The summed E-state index contributed by atoms with van der Waals surface area (Å²) >= 11 is 8.24. The van der Waals surface area contributed by atoms with Crippen molar-refractivity contribution in [2.45, 2.75) is 4.34 Å². The Balaban J connectivity index is 1.34. The summed E-state index contributed by atoms with van der Waals surface area (Å²) in [6.07, 6.45) is 1.93. The van der Waals surface area contributed by atoms with Crippen LogP contribution in [0.3, 0.4) is 0 Å². The lowest BCUT2D eigenvalue weighted by atomic mass is 10.2. The number of amides is 1. The monoisotopic (exact) mass is 461 g/mol. The number of aromatic nitrogens is 2. The third kappa shape index (κ3) is 4.48. The van der Waals surface area contributed by atoms with E-state index in [0.717, 1.165) is 10.0 Å². The molecule has 1 aliphatic rings. The fourth-order valence-corrected chi connectivity index (χ4v) is 4.41.